The standard InChI is InChI=1S/C15H24N2OS/c1-4-5-6-8-17-14(12-7-9-19-10-12)16-13(11(2)3)15(17)18/h7,9-11,13-14,16H,4-6,8H2,1-3H3. The molecule has 0 spiro atoms. The van der Waals surface area contributed by atoms with Gasteiger partial charge in [0.2, 0.25) is 5.91 Å². The summed E-state index contributed by atoms with van der Waals surface area (Å²) in [7, 11) is 0. The van der Waals surface area contributed by atoms with Gasteiger partial charge in [0.25, 0.3) is 0 Å². The van der Waals surface area contributed by atoms with Gasteiger partial charge in [-0.1, -0.05) is 33.6 Å². The van der Waals surface area contributed by atoms with Crippen LogP contribution in [0.4, 0.5) is 0 Å². The van der Waals surface area contributed by atoms with E-state index >= 15 is 0 Å². The molecule has 1 aliphatic rings. The quantitative estimate of drug-likeness (QED) is 0.810. The van der Waals surface area contributed by atoms with Crippen LogP contribution in [0.15, 0.2) is 16.8 Å². The lowest BCUT2D eigenvalue weighted by Crippen LogP contribution is -2.34. The molecule has 3 nitrogen and oxygen atoms in total. The number of nitrogens with zero attached hydrogens (tertiary/aromatic N) is 1. The molecule has 106 valence electrons. The smallest absolute Gasteiger partial charge is 0.241 e. The van der Waals surface area contributed by atoms with Crippen LogP contribution in [0.1, 0.15) is 51.8 Å². The summed E-state index contributed by atoms with van der Waals surface area (Å²) in [5.74, 6) is 0.604. The molecule has 1 amide bonds. The largest absolute Gasteiger partial charge is 0.322 e. The molecule has 1 N–H and O–H groups in total. The summed E-state index contributed by atoms with van der Waals surface area (Å²) < 4.78 is 0. The Labute approximate surface area is 120 Å². The van der Waals surface area contributed by atoms with Gasteiger partial charge in [0.15, 0.2) is 0 Å². The predicted octanol–water partition coefficient (Wildman–Crippen LogP) is 3.39. The summed E-state index contributed by atoms with van der Waals surface area (Å²) >= 11 is 1.69. The van der Waals surface area contributed by atoms with Gasteiger partial charge in [-0.05, 0) is 34.7 Å². The number of hydrogen-bond donors (Lipinski definition) is 1. The van der Waals surface area contributed by atoms with Gasteiger partial charge in [0.05, 0.1) is 6.04 Å². The molecular formula is C15H24N2OS. The van der Waals surface area contributed by atoms with Gasteiger partial charge in [-0.2, -0.15) is 11.3 Å². The lowest BCUT2D eigenvalue weighted by molar-refractivity contribution is -0.130. The zero-order valence-electron chi connectivity index (χ0n) is 12.1. The van der Waals surface area contributed by atoms with Crippen LogP contribution in [0, 0.1) is 5.92 Å². The summed E-state index contributed by atoms with van der Waals surface area (Å²) in [4.78, 5) is 14.5. The van der Waals surface area contributed by atoms with Crippen molar-refractivity contribution in [1.82, 2.24) is 10.2 Å². The van der Waals surface area contributed by atoms with Crippen LogP contribution >= 0.6 is 11.3 Å². The second-order valence-corrected chi connectivity index (χ2v) is 6.37. The first-order valence-electron chi connectivity index (χ1n) is 7.23. The number of thiophene rings is 1. The van der Waals surface area contributed by atoms with Crippen LogP contribution in [0.2, 0.25) is 0 Å². The van der Waals surface area contributed by atoms with Crippen LogP contribution in [0.3, 0.4) is 0 Å². The Morgan fingerprint density at radius 2 is 2.21 bits per heavy atom. The average Bonchev–Trinajstić information content (AvgIpc) is 2.98. The Morgan fingerprint density at radius 1 is 1.42 bits per heavy atom. The number of carbonyl (C=O) groups is 1. The minimum atomic E-state index is -0.0356. The van der Waals surface area contributed by atoms with Crippen molar-refractivity contribution in [1.29, 1.82) is 0 Å². The molecule has 2 unspecified atom stereocenters. The predicted molar refractivity (Wildman–Crippen MR) is 80.1 cm³/mol. The van der Waals surface area contributed by atoms with Crippen LogP contribution in [-0.4, -0.2) is 23.4 Å². The van der Waals surface area contributed by atoms with Crippen molar-refractivity contribution < 1.29 is 4.79 Å². The number of nitrogens with one attached hydrogen (secondary N) is 1. The zero-order chi connectivity index (χ0) is 13.8. The molecule has 4 heteroatoms. The third-order valence-corrected chi connectivity index (χ3v) is 4.43. The Morgan fingerprint density at radius 3 is 2.79 bits per heavy atom. The molecule has 19 heavy (non-hydrogen) atoms. The van der Waals surface area contributed by atoms with Crippen molar-refractivity contribution in [3.63, 3.8) is 0 Å². The molecule has 1 aromatic rings. The first kappa shape index (κ1) is 14.5. The van der Waals surface area contributed by atoms with Gasteiger partial charge in [0, 0.05) is 6.54 Å². The zero-order valence-corrected chi connectivity index (χ0v) is 12.9. The number of rotatable bonds is 6. The van der Waals surface area contributed by atoms with E-state index in [-0.39, 0.29) is 18.1 Å². The van der Waals surface area contributed by atoms with E-state index in [0.29, 0.717) is 5.92 Å². The van der Waals surface area contributed by atoms with E-state index in [9.17, 15) is 4.79 Å². The fourth-order valence-corrected chi connectivity index (χ4v) is 3.27. The summed E-state index contributed by atoms with van der Waals surface area (Å²) in [5, 5.41) is 7.72. The highest BCUT2D eigenvalue weighted by Gasteiger charge is 2.40. The van der Waals surface area contributed by atoms with Crippen molar-refractivity contribution in [3.8, 4) is 0 Å². The van der Waals surface area contributed by atoms with Crippen molar-refractivity contribution in [2.24, 2.45) is 5.92 Å². The third-order valence-electron chi connectivity index (χ3n) is 3.73. The van der Waals surface area contributed by atoms with Crippen molar-refractivity contribution in [3.05, 3.63) is 22.4 Å². The van der Waals surface area contributed by atoms with E-state index in [1.807, 2.05) is 4.90 Å². The number of unbranched alkanes of at least 4 members (excludes halogenated alkanes) is 2. The van der Waals surface area contributed by atoms with E-state index in [1.165, 1.54) is 18.4 Å². The highest BCUT2D eigenvalue weighted by atomic mass is 32.1. The summed E-state index contributed by atoms with van der Waals surface area (Å²) in [6, 6.07) is 2.08. The second-order valence-electron chi connectivity index (χ2n) is 5.59. The van der Waals surface area contributed by atoms with Crippen molar-refractivity contribution >= 4 is 17.2 Å². The molecule has 0 bridgehead atoms. The topological polar surface area (TPSA) is 32.3 Å². The average molecular weight is 280 g/mol. The maximum absolute atomic E-state index is 12.5. The molecule has 0 aliphatic carbocycles. The maximum atomic E-state index is 12.5. The lowest BCUT2D eigenvalue weighted by atomic mass is 10.1. The Hall–Kier alpha value is -0.870. The fraction of sp³-hybridized carbons (Fsp3) is 0.667. The Balaban J connectivity index is 2.12. The van der Waals surface area contributed by atoms with Crippen LogP contribution in [-0.2, 0) is 4.79 Å². The minimum absolute atomic E-state index is 0.0356. The van der Waals surface area contributed by atoms with Crippen LogP contribution < -0.4 is 5.32 Å². The van der Waals surface area contributed by atoms with Gasteiger partial charge in [0.1, 0.15) is 6.17 Å². The molecule has 2 heterocycles. The lowest BCUT2D eigenvalue weighted by Gasteiger charge is -2.23. The molecule has 1 aliphatic heterocycles. The van der Waals surface area contributed by atoms with E-state index in [1.54, 1.807) is 11.3 Å². The molecule has 0 aromatic carbocycles. The van der Waals surface area contributed by atoms with Crippen molar-refractivity contribution in [2.75, 3.05) is 6.54 Å². The molecular weight excluding hydrogens is 256 g/mol. The SMILES string of the molecule is CCCCCN1C(=O)C(C(C)C)NC1c1ccsc1. The Kier molecular flexibility index (Phi) is 4.99. The molecule has 1 aromatic heterocycles. The van der Waals surface area contributed by atoms with Gasteiger partial charge in [-0.3, -0.25) is 10.1 Å². The molecule has 1 fully saturated rings. The van der Waals surface area contributed by atoms with Gasteiger partial charge in [-0.25, -0.2) is 0 Å². The fourth-order valence-electron chi connectivity index (χ4n) is 2.59. The minimum Gasteiger partial charge on any atom is -0.322 e. The van der Waals surface area contributed by atoms with E-state index in [0.717, 1.165) is 13.0 Å². The molecule has 2 rings (SSSR count). The van der Waals surface area contributed by atoms with E-state index < -0.39 is 0 Å². The molecule has 2 atom stereocenters. The normalized spacial score (nSPS) is 23.6. The monoisotopic (exact) mass is 280 g/mol. The number of hydrogen-bond acceptors (Lipinski definition) is 3. The van der Waals surface area contributed by atoms with Gasteiger partial charge >= 0.3 is 0 Å². The second kappa shape index (κ2) is 6.53. The first-order valence-corrected chi connectivity index (χ1v) is 8.18. The highest BCUT2D eigenvalue weighted by Crippen LogP contribution is 2.29. The summed E-state index contributed by atoms with van der Waals surface area (Å²) in [6.45, 7) is 7.27. The van der Waals surface area contributed by atoms with Gasteiger partial charge < -0.3 is 4.90 Å². The number of carbonyl (C=O) groups excluding carboxylic acids is 1. The van der Waals surface area contributed by atoms with Gasteiger partial charge in [-0.15, -0.1) is 0 Å². The number of amides is 1. The molecule has 0 saturated carbocycles. The molecule has 0 radical (unpaired) electrons. The van der Waals surface area contributed by atoms with Crippen LogP contribution in [0.5, 0.6) is 0 Å². The first-order chi connectivity index (χ1) is 9.15. The van der Waals surface area contributed by atoms with Crippen molar-refractivity contribution in [2.45, 2.75) is 52.2 Å². The maximum Gasteiger partial charge on any atom is 0.241 e. The van der Waals surface area contributed by atoms with Crippen LogP contribution in [0.25, 0.3) is 0 Å². The highest BCUT2D eigenvalue weighted by molar-refractivity contribution is 7.07. The summed E-state index contributed by atoms with van der Waals surface area (Å²) in [6.07, 6.45) is 3.54. The Bertz CT molecular complexity index is 402. The summed E-state index contributed by atoms with van der Waals surface area (Å²) in [5.41, 5.74) is 1.22. The molecule has 1 saturated heterocycles. The van der Waals surface area contributed by atoms with E-state index in [4.69, 9.17) is 0 Å². The third kappa shape index (κ3) is 3.18. The van der Waals surface area contributed by atoms with E-state index in [2.05, 4.69) is 42.9 Å².